The normalized spacial score (nSPS) is 14.7. The first-order chi connectivity index (χ1) is 9.06. The van der Waals surface area contributed by atoms with E-state index in [0.717, 1.165) is 5.56 Å². The Morgan fingerprint density at radius 3 is 2.74 bits per heavy atom. The summed E-state index contributed by atoms with van der Waals surface area (Å²) in [6, 6.07) is 6.51. The number of carbonyl (C=O) groups excluding carboxylic acids is 1. The quantitative estimate of drug-likeness (QED) is 0.570. The molecule has 0 spiro atoms. The molecule has 0 bridgehead atoms. The summed E-state index contributed by atoms with van der Waals surface area (Å²) in [4.78, 5) is 11.9. The van der Waals surface area contributed by atoms with Gasteiger partial charge in [-0.05, 0) is 36.8 Å². The Morgan fingerprint density at radius 1 is 1.42 bits per heavy atom. The van der Waals surface area contributed by atoms with Crippen molar-refractivity contribution in [1.29, 1.82) is 0 Å². The fourth-order valence-corrected chi connectivity index (χ4v) is 1.87. The molecule has 0 saturated carbocycles. The van der Waals surface area contributed by atoms with Crippen LogP contribution in [0.3, 0.4) is 0 Å². The van der Waals surface area contributed by atoms with Gasteiger partial charge in [-0.15, -0.1) is 0 Å². The van der Waals surface area contributed by atoms with Gasteiger partial charge in [0.2, 0.25) is 0 Å². The fraction of sp³-hybridized carbons (Fsp3) is 0.231. The van der Waals surface area contributed by atoms with Gasteiger partial charge < -0.3 is 20.5 Å². The van der Waals surface area contributed by atoms with Gasteiger partial charge >= 0.3 is 5.97 Å². The van der Waals surface area contributed by atoms with Crippen LogP contribution in [-0.2, 0) is 16.1 Å². The molecule has 0 radical (unpaired) electrons. The van der Waals surface area contributed by atoms with Crippen molar-refractivity contribution in [3.05, 3.63) is 41.1 Å². The van der Waals surface area contributed by atoms with Gasteiger partial charge in [0.15, 0.2) is 5.11 Å². The van der Waals surface area contributed by atoms with Gasteiger partial charge in [-0.3, -0.25) is 0 Å². The Kier molecular flexibility index (Phi) is 4.01. The predicted octanol–water partition coefficient (Wildman–Crippen LogP) is 1.19. The molecular weight excluding hydrogens is 264 g/mol. The van der Waals surface area contributed by atoms with E-state index in [2.05, 4.69) is 10.6 Å². The third-order valence-electron chi connectivity index (χ3n) is 2.73. The van der Waals surface area contributed by atoms with Gasteiger partial charge in [0.05, 0.1) is 12.1 Å². The van der Waals surface area contributed by atoms with Crippen molar-refractivity contribution in [2.24, 2.45) is 0 Å². The minimum atomic E-state index is -0.381. The smallest absolute Gasteiger partial charge is 0.337 e. The number of hydrogen-bond donors (Lipinski definition) is 3. The zero-order valence-electron chi connectivity index (χ0n) is 10.4. The molecule has 19 heavy (non-hydrogen) atoms. The molecule has 0 aromatic heterocycles. The minimum absolute atomic E-state index is 0.167. The number of aromatic hydroxyl groups is 1. The molecule has 6 heteroatoms. The Morgan fingerprint density at radius 2 is 2.11 bits per heavy atom. The molecule has 1 aromatic rings. The lowest BCUT2D eigenvalue weighted by molar-refractivity contribution is -0.140. The number of esters is 1. The summed E-state index contributed by atoms with van der Waals surface area (Å²) in [5.41, 5.74) is 2.06. The van der Waals surface area contributed by atoms with E-state index in [1.54, 1.807) is 31.2 Å². The van der Waals surface area contributed by atoms with Gasteiger partial charge in [0, 0.05) is 5.70 Å². The average Bonchev–Trinajstić information content (AvgIpc) is 2.37. The topological polar surface area (TPSA) is 70.6 Å². The van der Waals surface area contributed by atoms with E-state index >= 15 is 0 Å². The van der Waals surface area contributed by atoms with Crippen molar-refractivity contribution in [1.82, 2.24) is 10.6 Å². The van der Waals surface area contributed by atoms with E-state index in [9.17, 15) is 4.79 Å². The maximum Gasteiger partial charge on any atom is 0.337 e. The van der Waals surface area contributed by atoms with E-state index in [0.29, 0.717) is 22.9 Å². The van der Waals surface area contributed by atoms with E-state index in [-0.39, 0.29) is 18.3 Å². The van der Waals surface area contributed by atoms with Crippen LogP contribution >= 0.6 is 12.2 Å². The average molecular weight is 278 g/mol. The summed E-state index contributed by atoms with van der Waals surface area (Å²) in [6.07, 6.45) is 0. The van der Waals surface area contributed by atoms with Crippen LogP contribution in [0, 0.1) is 0 Å². The van der Waals surface area contributed by atoms with Crippen molar-refractivity contribution >= 4 is 23.3 Å². The third-order valence-corrected chi connectivity index (χ3v) is 2.98. The van der Waals surface area contributed by atoms with E-state index in [4.69, 9.17) is 22.1 Å². The molecule has 0 amide bonds. The highest BCUT2D eigenvalue weighted by Crippen LogP contribution is 2.12. The molecule has 0 fully saturated rings. The number of carbonyl (C=O) groups is 1. The highest BCUT2D eigenvalue weighted by atomic mass is 32.1. The number of rotatable bonds is 3. The Labute approximate surface area is 116 Å². The highest BCUT2D eigenvalue weighted by Gasteiger charge is 2.19. The molecule has 0 saturated heterocycles. The SMILES string of the molecule is CC1=C(C(=O)OCc2ccc(O)cc2)CNC(=S)N1. The Hall–Kier alpha value is -2.08. The van der Waals surface area contributed by atoms with Crippen LogP contribution in [0.1, 0.15) is 12.5 Å². The number of hydrogen-bond acceptors (Lipinski definition) is 4. The van der Waals surface area contributed by atoms with Crippen LogP contribution in [0.2, 0.25) is 0 Å². The van der Waals surface area contributed by atoms with Gasteiger partial charge in [-0.1, -0.05) is 12.1 Å². The molecule has 1 heterocycles. The van der Waals surface area contributed by atoms with E-state index < -0.39 is 0 Å². The van der Waals surface area contributed by atoms with Crippen molar-refractivity contribution in [2.75, 3.05) is 6.54 Å². The zero-order valence-corrected chi connectivity index (χ0v) is 11.2. The molecule has 3 N–H and O–H groups in total. The summed E-state index contributed by atoms with van der Waals surface area (Å²) < 4.78 is 5.21. The largest absolute Gasteiger partial charge is 0.508 e. The molecule has 0 atom stereocenters. The zero-order chi connectivity index (χ0) is 13.8. The number of nitrogens with one attached hydrogen (secondary N) is 2. The molecule has 1 aliphatic rings. The lowest BCUT2D eigenvalue weighted by Gasteiger charge is -2.20. The summed E-state index contributed by atoms with van der Waals surface area (Å²) >= 11 is 4.94. The van der Waals surface area contributed by atoms with Crippen LogP contribution in [0.4, 0.5) is 0 Å². The molecule has 0 unspecified atom stereocenters. The molecular formula is C13H14N2O3S. The van der Waals surface area contributed by atoms with Gasteiger partial charge in [0.25, 0.3) is 0 Å². The summed E-state index contributed by atoms with van der Waals surface area (Å²) in [5, 5.41) is 15.4. The van der Waals surface area contributed by atoms with Crippen LogP contribution in [0.5, 0.6) is 5.75 Å². The molecule has 0 aliphatic carbocycles. The van der Waals surface area contributed by atoms with Gasteiger partial charge in [-0.25, -0.2) is 4.79 Å². The van der Waals surface area contributed by atoms with Gasteiger partial charge in [0.1, 0.15) is 12.4 Å². The second kappa shape index (κ2) is 5.71. The van der Waals surface area contributed by atoms with Gasteiger partial charge in [-0.2, -0.15) is 0 Å². The molecule has 100 valence electrons. The first-order valence-corrected chi connectivity index (χ1v) is 6.16. The number of allylic oxidation sites excluding steroid dienone is 1. The third kappa shape index (κ3) is 3.45. The summed E-state index contributed by atoms with van der Waals surface area (Å²) in [5.74, 6) is -0.198. The van der Waals surface area contributed by atoms with E-state index in [1.165, 1.54) is 0 Å². The maximum absolute atomic E-state index is 11.9. The number of phenols is 1. The van der Waals surface area contributed by atoms with Crippen molar-refractivity contribution in [3.8, 4) is 5.75 Å². The number of phenolic OH excluding ortho intramolecular Hbond substituents is 1. The Balaban J connectivity index is 1.96. The van der Waals surface area contributed by atoms with Crippen molar-refractivity contribution < 1.29 is 14.6 Å². The summed E-state index contributed by atoms with van der Waals surface area (Å²) in [7, 11) is 0. The molecule has 1 aliphatic heterocycles. The monoisotopic (exact) mass is 278 g/mol. The lowest BCUT2D eigenvalue weighted by atomic mass is 10.2. The molecule has 5 nitrogen and oxygen atoms in total. The first-order valence-electron chi connectivity index (χ1n) is 5.76. The minimum Gasteiger partial charge on any atom is -0.508 e. The second-order valence-electron chi connectivity index (χ2n) is 4.15. The number of benzene rings is 1. The Bertz CT molecular complexity index is 537. The van der Waals surface area contributed by atoms with Crippen LogP contribution in [0.15, 0.2) is 35.5 Å². The number of thiocarbonyl (C=S) groups is 1. The van der Waals surface area contributed by atoms with E-state index in [1.807, 2.05) is 0 Å². The predicted molar refractivity (Wildman–Crippen MR) is 74.3 cm³/mol. The second-order valence-corrected chi connectivity index (χ2v) is 4.56. The summed E-state index contributed by atoms with van der Waals surface area (Å²) in [6.45, 7) is 2.32. The maximum atomic E-state index is 11.9. The highest BCUT2D eigenvalue weighted by molar-refractivity contribution is 7.80. The fourth-order valence-electron chi connectivity index (χ4n) is 1.64. The molecule has 1 aromatic carbocycles. The number of ether oxygens (including phenoxy) is 1. The standard InChI is InChI=1S/C13H14N2O3S/c1-8-11(6-14-13(19)15-8)12(17)18-7-9-2-4-10(16)5-3-9/h2-5,16H,6-7H2,1H3,(H2,14,15,19). The lowest BCUT2D eigenvalue weighted by Crippen LogP contribution is -2.42. The first kappa shape index (κ1) is 13.4. The van der Waals surface area contributed by atoms with Crippen LogP contribution in [0.25, 0.3) is 0 Å². The van der Waals surface area contributed by atoms with Crippen molar-refractivity contribution in [3.63, 3.8) is 0 Å². The molecule has 2 rings (SSSR count). The van der Waals surface area contributed by atoms with Crippen molar-refractivity contribution in [2.45, 2.75) is 13.5 Å². The van der Waals surface area contributed by atoms with Crippen LogP contribution < -0.4 is 10.6 Å². The van der Waals surface area contributed by atoms with Crippen LogP contribution in [-0.4, -0.2) is 22.7 Å².